The third-order valence-electron chi connectivity index (χ3n) is 2.93. The molecule has 2 rings (SSSR count). The number of nitrogens with one attached hydrogen (secondary N) is 1. The lowest BCUT2D eigenvalue weighted by atomic mass is 10.1. The molecular weight excluding hydrogens is 302 g/mol. The summed E-state index contributed by atoms with van der Waals surface area (Å²) in [6.07, 6.45) is 2.13. The maximum atomic E-state index is 12.0. The van der Waals surface area contributed by atoms with Crippen LogP contribution in [0.2, 0.25) is 0 Å². The molecule has 1 amide bonds. The number of rotatable bonds is 6. The molecule has 116 valence electrons. The third-order valence-corrected chi connectivity index (χ3v) is 3.57. The van der Waals surface area contributed by atoms with Crippen molar-refractivity contribution < 1.29 is 14.3 Å². The van der Waals surface area contributed by atoms with Crippen LogP contribution in [-0.4, -0.2) is 36.6 Å². The Bertz CT molecular complexity index is 647. The van der Waals surface area contributed by atoms with Gasteiger partial charge in [-0.25, -0.2) is 0 Å². The molecule has 0 aliphatic carbocycles. The number of anilines is 1. The zero-order valence-corrected chi connectivity index (χ0v) is 13.4. The molecule has 0 saturated carbocycles. The van der Waals surface area contributed by atoms with Gasteiger partial charge in [-0.15, -0.1) is 22.0 Å². The Kier molecular flexibility index (Phi) is 5.60. The van der Waals surface area contributed by atoms with E-state index in [1.165, 1.54) is 11.8 Å². The Morgan fingerprint density at radius 2 is 1.91 bits per heavy atom. The van der Waals surface area contributed by atoms with Crippen LogP contribution in [0.1, 0.15) is 5.56 Å². The topological polar surface area (TPSA) is 73.3 Å². The number of amides is 1. The second-order valence-electron chi connectivity index (χ2n) is 4.38. The summed E-state index contributed by atoms with van der Waals surface area (Å²) in [5, 5.41) is 11.4. The van der Waals surface area contributed by atoms with E-state index >= 15 is 0 Å². The molecule has 0 unspecified atom stereocenters. The molecule has 0 fully saturated rings. The van der Waals surface area contributed by atoms with Crippen LogP contribution in [0.3, 0.4) is 0 Å². The minimum atomic E-state index is -0.168. The van der Waals surface area contributed by atoms with E-state index in [-0.39, 0.29) is 12.3 Å². The van der Waals surface area contributed by atoms with Gasteiger partial charge < -0.3 is 14.8 Å². The molecule has 6 nitrogen and oxygen atoms in total. The molecule has 0 aliphatic rings. The number of carbonyl (C=O) groups excluding carboxylic acids is 1. The van der Waals surface area contributed by atoms with Crippen molar-refractivity contribution in [2.75, 3.05) is 25.8 Å². The van der Waals surface area contributed by atoms with E-state index in [4.69, 9.17) is 9.47 Å². The van der Waals surface area contributed by atoms with E-state index in [1.807, 2.05) is 18.4 Å². The number of benzene rings is 1. The molecule has 0 saturated heterocycles. The standard InChI is InChI=1S/C15H17N3O3S/c1-20-11-5-4-10(8-12(11)21-2)9-14(19)16-13-6-7-15(22-3)18-17-13/h4-8H,9H2,1-3H3,(H,16,17,19). The maximum Gasteiger partial charge on any atom is 0.229 e. The van der Waals surface area contributed by atoms with Gasteiger partial charge in [0.25, 0.3) is 0 Å². The number of thioether (sulfide) groups is 1. The fraction of sp³-hybridized carbons (Fsp3) is 0.267. The summed E-state index contributed by atoms with van der Waals surface area (Å²) in [6.45, 7) is 0. The van der Waals surface area contributed by atoms with Crippen LogP contribution < -0.4 is 14.8 Å². The normalized spacial score (nSPS) is 10.1. The van der Waals surface area contributed by atoms with E-state index in [1.54, 1.807) is 32.4 Å². The van der Waals surface area contributed by atoms with Gasteiger partial charge >= 0.3 is 0 Å². The highest BCUT2D eigenvalue weighted by atomic mass is 32.2. The quantitative estimate of drug-likeness (QED) is 0.824. The van der Waals surface area contributed by atoms with Crippen LogP contribution >= 0.6 is 11.8 Å². The van der Waals surface area contributed by atoms with Gasteiger partial charge in [0.05, 0.1) is 20.6 Å². The van der Waals surface area contributed by atoms with E-state index in [9.17, 15) is 4.79 Å². The molecule has 1 aromatic heterocycles. The Balaban J connectivity index is 2.02. The molecular formula is C15H17N3O3S. The first-order chi connectivity index (χ1) is 10.7. The van der Waals surface area contributed by atoms with Gasteiger partial charge in [-0.05, 0) is 36.1 Å². The zero-order valence-electron chi connectivity index (χ0n) is 12.6. The molecule has 0 bridgehead atoms. The highest BCUT2D eigenvalue weighted by molar-refractivity contribution is 7.98. The van der Waals surface area contributed by atoms with E-state index in [0.29, 0.717) is 17.3 Å². The molecule has 2 aromatic rings. The van der Waals surface area contributed by atoms with Crippen LogP contribution in [0.4, 0.5) is 5.82 Å². The van der Waals surface area contributed by atoms with Gasteiger partial charge in [-0.1, -0.05) is 6.07 Å². The minimum Gasteiger partial charge on any atom is -0.493 e. The van der Waals surface area contributed by atoms with Crippen LogP contribution in [0.15, 0.2) is 35.4 Å². The Labute approximate surface area is 133 Å². The second-order valence-corrected chi connectivity index (χ2v) is 5.20. The minimum absolute atomic E-state index is 0.168. The van der Waals surface area contributed by atoms with Gasteiger partial charge in [0.15, 0.2) is 17.3 Å². The first kappa shape index (κ1) is 16.1. The predicted molar refractivity (Wildman–Crippen MR) is 85.7 cm³/mol. The van der Waals surface area contributed by atoms with Crippen LogP contribution in [0, 0.1) is 0 Å². The number of hydrogen-bond donors (Lipinski definition) is 1. The van der Waals surface area contributed by atoms with E-state index < -0.39 is 0 Å². The van der Waals surface area contributed by atoms with Crippen molar-refractivity contribution in [2.45, 2.75) is 11.4 Å². The van der Waals surface area contributed by atoms with Gasteiger partial charge in [0, 0.05) is 0 Å². The summed E-state index contributed by atoms with van der Waals surface area (Å²) >= 11 is 1.49. The van der Waals surface area contributed by atoms with Crippen molar-refractivity contribution in [2.24, 2.45) is 0 Å². The third kappa shape index (κ3) is 4.11. The lowest BCUT2D eigenvalue weighted by molar-refractivity contribution is -0.115. The van der Waals surface area contributed by atoms with Crippen molar-refractivity contribution in [3.8, 4) is 11.5 Å². The highest BCUT2D eigenvalue weighted by Gasteiger charge is 2.09. The predicted octanol–water partition coefficient (Wildman–Crippen LogP) is 2.40. The monoisotopic (exact) mass is 319 g/mol. The lowest BCUT2D eigenvalue weighted by Crippen LogP contribution is -2.15. The van der Waals surface area contributed by atoms with Gasteiger partial charge in [0.2, 0.25) is 5.91 Å². The largest absolute Gasteiger partial charge is 0.493 e. The highest BCUT2D eigenvalue weighted by Crippen LogP contribution is 2.27. The van der Waals surface area contributed by atoms with Crippen LogP contribution in [-0.2, 0) is 11.2 Å². The SMILES string of the molecule is COc1ccc(CC(=O)Nc2ccc(SC)nn2)cc1OC. The summed E-state index contributed by atoms with van der Waals surface area (Å²) in [5.74, 6) is 1.49. The molecule has 0 radical (unpaired) electrons. The summed E-state index contributed by atoms with van der Waals surface area (Å²) in [4.78, 5) is 12.0. The number of carbonyl (C=O) groups is 1. The molecule has 1 heterocycles. The molecule has 1 aromatic carbocycles. The van der Waals surface area contributed by atoms with E-state index in [2.05, 4.69) is 15.5 Å². The van der Waals surface area contributed by atoms with Gasteiger partial charge in [-0.2, -0.15) is 0 Å². The number of ether oxygens (including phenoxy) is 2. The Morgan fingerprint density at radius 1 is 1.14 bits per heavy atom. The second kappa shape index (κ2) is 7.65. The van der Waals surface area contributed by atoms with Crippen molar-refractivity contribution in [1.82, 2.24) is 10.2 Å². The summed E-state index contributed by atoms with van der Waals surface area (Å²) in [5.41, 5.74) is 0.823. The number of aromatic nitrogens is 2. The Hall–Kier alpha value is -2.28. The summed E-state index contributed by atoms with van der Waals surface area (Å²) in [7, 11) is 3.13. The number of hydrogen-bond acceptors (Lipinski definition) is 6. The summed E-state index contributed by atoms with van der Waals surface area (Å²) < 4.78 is 10.4. The number of nitrogens with zero attached hydrogens (tertiary/aromatic N) is 2. The molecule has 0 spiro atoms. The van der Waals surface area contributed by atoms with Crippen molar-refractivity contribution in [3.05, 3.63) is 35.9 Å². The molecule has 7 heteroatoms. The zero-order chi connectivity index (χ0) is 15.9. The van der Waals surface area contributed by atoms with Gasteiger partial charge in [0.1, 0.15) is 5.03 Å². The van der Waals surface area contributed by atoms with Crippen molar-refractivity contribution in [1.29, 1.82) is 0 Å². The Morgan fingerprint density at radius 3 is 2.50 bits per heavy atom. The average molecular weight is 319 g/mol. The van der Waals surface area contributed by atoms with Crippen molar-refractivity contribution in [3.63, 3.8) is 0 Å². The lowest BCUT2D eigenvalue weighted by Gasteiger charge is -2.09. The molecule has 22 heavy (non-hydrogen) atoms. The first-order valence-electron chi connectivity index (χ1n) is 6.54. The van der Waals surface area contributed by atoms with Crippen LogP contribution in [0.25, 0.3) is 0 Å². The smallest absolute Gasteiger partial charge is 0.229 e. The van der Waals surface area contributed by atoms with E-state index in [0.717, 1.165) is 10.6 Å². The first-order valence-corrected chi connectivity index (χ1v) is 7.77. The summed E-state index contributed by atoms with van der Waals surface area (Å²) in [6, 6.07) is 8.91. The van der Waals surface area contributed by atoms with Crippen LogP contribution in [0.5, 0.6) is 11.5 Å². The molecule has 0 aliphatic heterocycles. The maximum absolute atomic E-state index is 12.0. The fourth-order valence-electron chi connectivity index (χ4n) is 1.86. The average Bonchev–Trinajstić information content (AvgIpc) is 2.55. The van der Waals surface area contributed by atoms with Crippen molar-refractivity contribution >= 4 is 23.5 Å². The number of methoxy groups -OCH3 is 2. The molecule has 0 atom stereocenters. The van der Waals surface area contributed by atoms with Gasteiger partial charge in [-0.3, -0.25) is 4.79 Å². The fourth-order valence-corrected chi connectivity index (χ4v) is 2.19. The molecule has 1 N–H and O–H groups in total.